The SMILES string of the molecule is Cc1ccc(Br)cc1C(O)Cc1cnn(C)c1. The molecule has 1 aromatic carbocycles. The molecule has 2 aromatic rings. The number of nitrogens with zero attached hydrogens (tertiary/aromatic N) is 2. The first-order valence-electron chi connectivity index (χ1n) is 5.48. The van der Waals surface area contributed by atoms with Crippen molar-refractivity contribution >= 4 is 15.9 Å². The molecule has 4 heteroatoms. The van der Waals surface area contributed by atoms with Gasteiger partial charge >= 0.3 is 0 Å². The highest BCUT2D eigenvalue weighted by Crippen LogP contribution is 2.24. The van der Waals surface area contributed by atoms with Crippen LogP contribution >= 0.6 is 15.9 Å². The van der Waals surface area contributed by atoms with Crippen LogP contribution in [0.3, 0.4) is 0 Å². The number of halogens is 1. The quantitative estimate of drug-likeness (QED) is 0.945. The average Bonchev–Trinajstić information content (AvgIpc) is 2.67. The predicted molar refractivity (Wildman–Crippen MR) is 70.8 cm³/mol. The van der Waals surface area contributed by atoms with Gasteiger partial charge in [0.2, 0.25) is 0 Å². The molecule has 17 heavy (non-hydrogen) atoms. The van der Waals surface area contributed by atoms with Gasteiger partial charge in [0.25, 0.3) is 0 Å². The van der Waals surface area contributed by atoms with Crippen LogP contribution in [0, 0.1) is 6.92 Å². The summed E-state index contributed by atoms with van der Waals surface area (Å²) in [5.41, 5.74) is 3.10. The molecule has 0 aliphatic rings. The molecule has 90 valence electrons. The first-order chi connectivity index (χ1) is 8.06. The third-order valence-electron chi connectivity index (χ3n) is 2.79. The highest BCUT2D eigenvalue weighted by molar-refractivity contribution is 9.10. The Bertz CT molecular complexity index is 522. The van der Waals surface area contributed by atoms with Gasteiger partial charge < -0.3 is 5.11 Å². The number of aryl methyl sites for hydroxylation is 2. The zero-order valence-corrected chi connectivity index (χ0v) is 11.5. The van der Waals surface area contributed by atoms with E-state index in [1.807, 2.05) is 38.4 Å². The molecule has 0 amide bonds. The second-order valence-electron chi connectivity index (χ2n) is 4.24. The zero-order valence-electron chi connectivity index (χ0n) is 9.89. The van der Waals surface area contributed by atoms with E-state index in [4.69, 9.17) is 0 Å². The maximum Gasteiger partial charge on any atom is 0.0834 e. The predicted octanol–water partition coefficient (Wildman–Crippen LogP) is 2.77. The first kappa shape index (κ1) is 12.3. The normalized spacial score (nSPS) is 12.7. The van der Waals surface area contributed by atoms with Gasteiger partial charge in [0.1, 0.15) is 0 Å². The molecular weight excluding hydrogens is 280 g/mol. The maximum absolute atomic E-state index is 10.2. The van der Waals surface area contributed by atoms with E-state index in [0.29, 0.717) is 6.42 Å². The second kappa shape index (κ2) is 5.02. The van der Waals surface area contributed by atoms with Crippen LogP contribution < -0.4 is 0 Å². The van der Waals surface area contributed by atoms with Crippen LogP contribution in [0.5, 0.6) is 0 Å². The molecule has 3 nitrogen and oxygen atoms in total. The molecule has 1 aromatic heterocycles. The van der Waals surface area contributed by atoms with Crippen molar-refractivity contribution in [2.24, 2.45) is 7.05 Å². The van der Waals surface area contributed by atoms with E-state index in [-0.39, 0.29) is 0 Å². The minimum atomic E-state index is -0.489. The number of hydrogen-bond acceptors (Lipinski definition) is 2. The maximum atomic E-state index is 10.2. The minimum absolute atomic E-state index is 0.489. The van der Waals surface area contributed by atoms with Gasteiger partial charge in [0.15, 0.2) is 0 Å². The Labute approximate surface area is 109 Å². The Kier molecular flexibility index (Phi) is 3.64. The van der Waals surface area contributed by atoms with Crippen molar-refractivity contribution in [2.45, 2.75) is 19.4 Å². The molecule has 2 rings (SSSR count). The molecule has 0 fully saturated rings. The molecule has 0 saturated heterocycles. The van der Waals surface area contributed by atoms with Gasteiger partial charge in [0, 0.05) is 24.1 Å². The number of aliphatic hydroxyl groups excluding tert-OH is 1. The lowest BCUT2D eigenvalue weighted by Crippen LogP contribution is -2.03. The van der Waals surface area contributed by atoms with Crippen molar-refractivity contribution in [1.29, 1.82) is 0 Å². The van der Waals surface area contributed by atoms with Gasteiger partial charge in [-0.25, -0.2) is 0 Å². The van der Waals surface area contributed by atoms with Crippen LogP contribution in [0.4, 0.5) is 0 Å². The fourth-order valence-corrected chi connectivity index (χ4v) is 2.26. The zero-order chi connectivity index (χ0) is 12.4. The Morgan fingerprint density at radius 3 is 2.88 bits per heavy atom. The molecule has 0 radical (unpaired) electrons. The number of aliphatic hydroxyl groups is 1. The van der Waals surface area contributed by atoms with Gasteiger partial charge in [-0.05, 0) is 35.7 Å². The Morgan fingerprint density at radius 1 is 1.47 bits per heavy atom. The third kappa shape index (κ3) is 2.96. The van der Waals surface area contributed by atoms with Crippen molar-refractivity contribution in [3.05, 3.63) is 51.8 Å². The monoisotopic (exact) mass is 294 g/mol. The first-order valence-corrected chi connectivity index (χ1v) is 6.27. The fourth-order valence-electron chi connectivity index (χ4n) is 1.88. The summed E-state index contributed by atoms with van der Waals surface area (Å²) in [7, 11) is 1.88. The topological polar surface area (TPSA) is 38.1 Å². The van der Waals surface area contributed by atoms with Crippen LogP contribution in [-0.4, -0.2) is 14.9 Å². The van der Waals surface area contributed by atoms with Crippen LogP contribution in [0.2, 0.25) is 0 Å². The summed E-state index contributed by atoms with van der Waals surface area (Å²) in [6, 6.07) is 5.96. The van der Waals surface area contributed by atoms with E-state index in [0.717, 1.165) is 21.2 Å². The fraction of sp³-hybridized carbons (Fsp3) is 0.308. The molecule has 1 heterocycles. The molecule has 0 aliphatic heterocycles. The number of aromatic nitrogens is 2. The van der Waals surface area contributed by atoms with Crippen LogP contribution in [0.1, 0.15) is 22.8 Å². The smallest absolute Gasteiger partial charge is 0.0834 e. The highest BCUT2D eigenvalue weighted by atomic mass is 79.9. The molecule has 1 unspecified atom stereocenters. The Hall–Kier alpha value is -1.13. The minimum Gasteiger partial charge on any atom is -0.388 e. The largest absolute Gasteiger partial charge is 0.388 e. The van der Waals surface area contributed by atoms with Crippen molar-refractivity contribution in [2.75, 3.05) is 0 Å². The van der Waals surface area contributed by atoms with Gasteiger partial charge in [-0.15, -0.1) is 0 Å². The summed E-state index contributed by atoms with van der Waals surface area (Å²) in [5, 5.41) is 14.3. The molecule has 1 atom stereocenters. The van der Waals surface area contributed by atoms with E-state index < -0.39 is 6.10 Å². The molecule has 0 aliphatic carbocycles. The average molecular weight is 295 g/mol. The van der Waals surface area contributed by atoms with Gasteiger partial charge in [0.05, 0.1) is 12.3 Å². The molecule has 0 saturated carbocycles. The lowest BCUT2D eigenvalue weighted by Gasteiger charge is -2.13. The summed E-state index contributed by atoms with van der Waals surface area (Å²) >= 11 is 3.43. The summed E-state index contributed by atoms with van der Waals surface area (Å²) < 4.78 is 2.74. The van der Waals surface area contributed by atoms with Crippen molar-refractivity contribution in [1.82, 2.24) is 9.78 Å². The van der Waals surface area contributed by atoms with Gasteiger partial charge in [-0.3, -0.25) is 4.68 Å². The Balaban J connectivity index is 2.19. The molecule has 0 bridgehead atoms. The Morgan fingerprint density at radius 2 is 2.24 bits per heavy atom. The summed E-state index contributed by atoms with van der Waals surface area (Å²) in [6.07, 6.45) is 3.81. The van der Waals surface area contributed by atoms with Crippen molar-refractivity contribution < 1.29 is 5.11 Å². The van der Waals surface area contributed by atoms with Crippen LogP contribution in [-0.2, 0) is 13.5 Å². The molecular formula is C13H15BrN2O. The van der Waals surface area contributed by atoms with Crippen LogP contribution in [0.25, 0.3) is 0 Å². The summed E-state index contributed by atoms with van der Waals surface area (Å²) in [6.45, 7) is 2.01. The van der Waals surface area contributed by atoms with Crippen LogP contribution in [0.15, 0.2) is 35.1 Å². The molecule has 0 spiro atoms. The molecule has 1 N–H and O–H groups in total. The van der Waals surface area contributed by atoms with Crippen molar-refractivity contribution in [3.8, 4) is 0 Å². The van der Waals surface area contributed by atoms with Crippen molar-refractivity contribution in [3.63, 3.8) is 0 Å². The van der Waals surface area contributed by atoms with E-state index >= 15 is 0 Å². The van der Waals surface area contributed by atoms with E-state index in [2.05, 4.69) is 21.0 Å². The highest BCUT2D eigenvalue weighted by Gasteiger charge is 2.12. The second-order valence-corrected chi connectivity index (χ2v) is 5.16. The van der Waals surface area contributed by atoms with Gasteiger partial charge in [-0.1, -0.05) is 22.0 Å². The van der Waals surface area contributed by atoms with E-state index in [1.54, 1.807) is 10.9 Å². The van der Waals surface area contributed by atoms with E-state index in [9.17, 15) is 5.11 Å². The lowest BCUT2D eigenvalue weighted by molar-refractivity contribution is 0.177. The number of rotatable bonds is 3. The van der Waals surface area contributed by atoms with E-state index in [1.165, 1.54) is 0 Å². The standard InChI is InChI=1S/C13H15BrN2O/c1-9-3-4-11(14)6-12(9)13(17)5-10-7-15-16(2)8-10/h3-4,6-8,13,17H,5H2,1-2H3. The number of benzene rings is 1. The van der Waals surface area contributed by atoms with Gasteiger partial charge in [-0.2, -0.15) is 5.10 Å². The lowest BCUT2D eigenvalue weighted by atomic mass is 9.99. The summed E-state index contributed by atoms with van der Waals surface area (Å²) in [5.74, 6) is 0. The third-order valence-corrected chi connectivity index (χ3v) is 3.28. The summed E-state index contributed by atoms with van der Waals surface area (Å²) in [4.78, 5) is 0. The number of hydrogen-bond donors (Lipinski definition) is 1.